The van der Waals surface area contributed by atoms with E-state index < -0.39 is 127 Å². The summed E-state index contributed by atoms with van der Waals surface area (Å²) < 4.78 is 0. The predicted molar refractivity (Wildman–Crippen MR) is 275 cm³/mol. The topological polar surface area (TPSA) is 605 Å². The molecule has 28 N–H and O–H groups in total. The highest BCUT2D eigenvalue weighted by Crippen LogP contribution is 2.18. The molecule has 0 aromatic rings. The molecule has 1 fully saturated rings. The van der Waals surface area contributed by atoms with Gasteiger partial charge in [-0.05, 0) is 70.6 Å². The number of likely N-dealkylation sites (tertiary alicyclic amines) is 1. The minimum atomic E-state index is -1.56. The van der Waals surface area contributed by atoms with Gasteiger partial charge in [-0.1, -0.05) is 0 Å². The number of carboxylic acids is 1. The van der Waals surface area contributed by atoms with Crippen molar-refractivity contribution in [1.82, 2.24) is 42.1 Å². The van der Waals surface area contributed by atoms with Gasteiger partial charge < -0.3 is 109 Å². The maximum atomic E-state index is 14.1. The lowest BCUT2D eigenvalue weighted by molar-refractivity contribution is -0.140. The molecule has 0 aromatic heterocycles. The number of guanidine groups is 4. The van der Waals surface area contributed by atoms with Crippen LogP contribution in [0.15, 0.2) is 20.0 Å². The first-order valence-corrected chi connectivity index (χ1v) is 24.1. The van der Waals surface area contributed by atoms with E-state index in [1.165, 1.54) is 4.90 Å². The predicted octanol–water partition coefficient (Wildman–Crippen LogP) is -9.89. The molecule has 1 aliphatic heterocycles. The second-order valence-corrected chi connectivity index (χ2v) is 17.2. The lowest BCUT2D eigenvalue weighted by Gasteiger charge is -2.29. The highest BCUT2D eigenvalue weighted by molar-refractivity contribution is 5.97. The summed E-state index contributed by atoms with van der Waals surface area (Å²) in [4.78, 5) is 159. The maximum Gasteiger partial charge on any atom is 0.305 e. The SMILES string of the molecule is NC(=O)CC[C@H](NC(=O)[C@@H](N)CC(=O)O)C(=O)NCC(=O)N[C@@H](CCCN=C(N)N)C(=O)NCC(=O)N[C@@H](CCCN=C(N)N)C(=O)N[C@@H](CCCN=C(N)N)C(=O)N[C@@H](CCCN=C(N)N)C(=O)N1CCC[C@H]1C=O. The van der Waals surface area contributed by atoms with Gasteiger partial charge in [-0.3, -0.25) is 67.9 Å². The van der Waals surface area contributed by atoms with Gasteiger partial charge in [-0.15, -0.1) is 0 Å². The summed E-state index contributed by atoms with van der Waals surface area (Å²) in [5, 5.41) is 26.0. The van der Waals surface area contributed by atoms with Gasteiger partial charge >= 0.3 is 5.97 Å². The number of nitrogens with one attached hydrogen (secondary N) is 7. The standard InChI is InChI=1S/C42H76N22O12/c43-23(18-32(69)70)33(71)61-27(11-12-29(44)66)35(73)58-19-30(67)59-24(7-1-13-53-39(45)46)34(72)57-20-31(68)60-25(8-2-14-54-40(47)48)36(74)62-26(9-3-15-55-41(49)50)37(75)63-28(10-4-16-56-42(51)52)38(76)64-17-5-6-22(64)21-65/h21-28H,1-20,43H2,(H2,44,66)(H,57,72)(H,58,73)(H,59,67)(H,60,68)(H,61,71)(H,62,74)(H,63,75)(H,69,70)(H4,45,46,53)(H4,47,48,54)(H4,49,50,55)(H4,51,52,56)/t22-,23-,24-,25-,26-,27-,28-/m0/s1. The van der Waals surface area contributed by atoms with Crippen LogP contribution in [-0.2, 0) is 52.7 Å². The van der Waals surface area contributed by atoms with Crippen LogP contribution in [0.3, 0.4) is 0 Å². The molecule has 0 unspecified atom stereocenters. The summed E-state index contributed by atoms with van der Waals surface area (Å²) in [5.41, 5.74) is 54.4. The van der Waals surface area contributed by atoms with Crippen LogP contribution in [0.2, 0.25) is 0 Å². The second kappa shape index (κ2) is 35.5. The summed E-state index contributed by atoms with van der Waals surface area (Å²) in [6.07, 6.45) is 0.423. The van der Waals surface area contributed by atoms with Crippen molar-refractivity contribution in [2.24, 2.45) is 77.3 Å². The largest absolute Gasteiger partial charge is 0.481 e. The summed E-state index contributed by atoms with van der Waals surface area (Å²) in [6, 6.07) is -9.09. The number of carbonyl (C=O) groups is 11. The highest BCUT2D eigenvalue weighted by atomic mass is 16.4. The molecule has 0 radical (unpaired) electrons. The van der Waals surface area contributed by atoms with Crippen LogP contribution >= 0.6 is 0 Å². The first-order chi connectivity index (χ1) is 35.8. The van der Waals surface area contributed by atoms with Gasteiger partial charge in [0, 0.05) is 39.1 Å². The zero-order valence-electron chi connectivity index (χ0n) is 42.2. The minimum absolute atomic E-state index is 0.00385. The van der Waals surface area contributed by atoms with Crippen LogP contribution in [0.5, 0.6) is 0 Å². The number of amides is 9. The molecular formula is C42H76N22O12. The van der Waals surface area contributed by atoms with Crippen molar-refractivity contribution in [2.45, 2.75) is 126 Å². The summed E-state index contributed by atoms with van der Waals surface area (Å²) in [7, 11) is 0. The molecule has 76 heavy (non-hydrogen) atoms. The highest BCUT2D eigenvalue weighted by Gasteiger charge is 2.36. The molecular weight excluding hydrogens is 1000 g/mol. The van der Waals surface area contributed by atoms with Crippen molar-refractivity contribution in [3.05, 3.63) is 0 Å². The number of nitrogens with two attached hydrogens (primary N) is 10. The molecule has 1 rings (SSSR count). The Bertz CT molecular complexity index is 2120. The molecule has 0 spiro atoms. The molecule has 1 heterocycles. The number of carboxylic acid groups (broad SMARTS) is 1. The lowest BCUT2D eigenvalue weighted by Crippen LogP contribution is -2.58. The van der Waals surface area contributed by atoms with Gasteiger partial charge in [-0.25, -0.2) is 0 Å². The van der Waals surface area contributed by atoms with E-state index in [0.717, 1.165) is 0 Å². The number of carbonyl (C=O) groups excluding carboxylic acids is 10. The number of rotatable bonds is 37. The van der Waals surface area contributed by atoms with Gasteiger partial charge in [0.25, 0.3) is 0 Å². The Hall–Kier alpha value is -8.59. The van der Waals surface area contributed by atoms with Crippen molar-refractivity contribution < 1.29 is 57.8 Å². The Kier molecular flexibility index (Phi) is 30.6. The summed E-state index contributed by atoms with van der Waals surface area (Å²) in [5.74, 6) is -10.2. The van der Waals surface area contributed by atoms with Crippen LogP contribution in [-0.4, -0.2) is 187 Å². The third-order valence-electron chi connectivity index (χ3n) is 11.0. The van der Waals surface area contributed by atoms with Crippen molar-refractivity contribution in [3.8, 4) is 0 Å². The van der Waals surface area contributed by atoms with Crippen molar-refractivity contribution in [1.29, 1.82) is 0 Å². The smallest absolute Gasteiger partial charge is 0.305 e. The Morgan fingerprint density at radius 1 is 0.526 bits per heavy atom. The Balaban J connectivity index is 3.35. The van der Waals surface area contributed by atoms with Crippen LogP contribution in [0.4, 0.5) is 0 Å². The van der Waals surface area contributed by atoms with E-state index >= 15 is 0 Å². The number of aliphatic carboxylic acids is 1. The van der Waals surface area contributed by atoms with E-state index in [1.807, 2.05) is 0 Å². The minimum Gasteiger partial charge on any atom is -0.481 e. The van der Waals surface area contributed by atoms with Crippen LogP contribution in [0.1, 0.15) is 83.5 Å². The molecule has 9 amide bonds. The molecule has 0 aromatic carbocycles. The fourth-order valence-corrected chi connectivity index (χ4v) is 7.22. The van der Waals surface area contributed by atoms with E-state index in [-0.39, 0.29) is 114 Å². The van der Waals surface area contributed by atoms with E-state index in [1.54, 1.807) is 0 Å². The first-order valence-electron chi connectivity index (χ1n) is 24.1. The maximum absolute atomic E-state index is 14.1. The zero-order valence-corrected chi connectivity index (χ0v) is 42.2. The zero-order chi connectivity index (χ0) is 57.3. The third-order valence-corrected chi connectivity index (χ3v) is 11.0. The Morgan fingerprint density at radius 2 is 0.895 bits per heavy atom. The molecule has 0 saturated carbocycles. The number of hydrogen-bond acceptors (Lipinski definition) is 16. The van der Waals surface area contributed by atoms with Gasteiger partial charge in [-0.2, -0.15) is 0 Å². The normalized spacial score (nSPS) is 15.0. The second-order valence-electron chi connectivity index (χ2n) is 17.2. The number of hydrogen-bond donors (Lipinski definition) is 18. The summed E-state index contributed by atoms with van der Waals surface area (Å²) in [6.45, 7) is -1.15. The van der Waals surface area contributed by atoms with Crippen LogP contribution in [0.25, 0.3) is 0 Å². The molecule has 0 bridgehead atoms. The van der Waals surface area contributed by atoms with E-state index in [0.29, 0.717) is 19.1 Å². The number of aliphatic imine (C=N–C) groups is 4. The molecule has 1 aliphatic rings. The third kappa shape index (κ3) is 28.0. The van der Waals surface area contributed by atoms with Gasteiger partial charge in [0.1, 0.15) is 36.5 Å². The number of nitrogens with zero attached hydrogens (tertiary/aromatic N) is 5. The van der Waals surface area contributed by atoms with E-state index in [2.05, 4.69) is 57.2 Å². The van der Waals surface area contributed by atoms with E-state index in [9.17, 15) is 52.7 Å². The van der Waals surface area contributed by atoms with Gasteiger partial charge in [0.05, 0.1) is 31.6 Å². The average molecular weight is 1080 g/mol. The molecule has 0 aliphatic carbocycles. The van der Waals surface area contributed by atoms with Crippen molar-refractivity contribution in [2.75, 3.05) is 45.8 Å². The Morgan fingerprint density at radius 3 is 1.29 bits per heavy atom. The number of primary amides is 1. The average Bonchev–Trinajstić information content (AvgIpc) is 3.83. The monoisotopic (exact) mass is 1080 g/mol. The van der Waals surface area contributed by atoms with Crippen LogP contribution < -0.4 is 94.6 Å². The van der Waals surface area contributed by atoms with Crippen molar-refractivity contribution in [3.63, 3.8) is 0 Å². The summed E-state index contributed by atoms with van der Waals surface area (Å²) >= 11 is 0. The van der Waals surface area contributed by atoms with Crippen molar-refractivity contribution >= 4 is 89.3 Å². The molecule has 34 nitrogen and oxygen atoms in total. The van der Waals surface area contributed by atoms with Gasteiger partial charge in [0.15, 0.2) is 23.8 Å². The lowest BCUT2D eigenvalue weighted by atomic mass is 10.0. The molecule has 7 atom stereocenters. The molecule has 34 heteroatoms. The quantitative estimate of drug-likeness (QED) is 0.0119. The molecule has 426 valence electrons. The number of aldehydes is 1. The molecule has 1 saturated heterocycles. The first kappa shape index (κ1) is 65.4. The van der Waals surface area contributed by atoms with Gasteiger partial charge in [0.2, 0.25) is 53.2 Å². The Labute approximate surface area is 437 Å². The fourth-order valence-electron chi connectivity index (χ4n) is 7.22. The van der Waals surface area contributed by atoms with Crippen LogP contribution in [0, 0.1) is 0 Å². The fraction of sp³-hybridized carbons (Fsp3) is 0.643. The van der Waals surface area contributed by atoms with E-state index in [4.69, 9.17) is 62.4 Å².